The molecule has 0 saturated carbocycles. The molecule has 2 aromatic rings. The van der Waals surface area contributed by atoms with Gasteiger partial charge in [0.15, 0.2) is 0 Å². The standard InChI is InChI=1S/C15H11ClF3NO/c16-9-11-4-1-2-7-13(11)14(20-21)10-5-3-6-12(8-10)15(17,18)19/h1-8,21H,9H2. The molecular weight excluding hydrogens is 303 g/mol. The Morgan fingerprint density at radius 3 is 2.43 bits per heavy atom. The molecule has 6 heteroatoms. The predicted molar refractivity (Wildman–Crippen MR) is 74.9 cm³/mol. The maximum atomic E-state index is 12.8. The second kappa shape index (κ2) is 6.18. The van der Waals surface area contributed by atoms with E-state index >= 15 is 0 Å². The zero-order chi connectivity index (χ0) is 15.5. The van der Waals surface area contributed by atoms with Crippen LogP contribution in [0.15, 0.2) is 53.7 Å². The van der Waals surface area contributed by atoms with Crippen molar-refractivity contribution >= 4 is 17.3 Å². The van der Waals surface area contributed by atoms with Crippen molar-refractivity contribution in [3.63, 3.8) is 0 Å². The van der Waals surface area contributed by atoms with Gasteiger partial charge in [-0.15, -0.1) is 11.6 Å². The lowest BCUT2D eigenvalue weighted by atomic mass is 9.97. The lowest BCUT2D eigenvalue weighted by molar-refractivity contribution is -0.137. The van der Waals surface area contributed by atoms with E-state index in [1.807, 2.05) is 0 Å². The highest BCUT2D eigenvalue weighted by Crippen LogP contribution is 2.30. The Balaban J connectivity index is 2.53. The lowest BCUT2D eigenvalue weighted by Gasteiger charge is -2.12. The van der Waals surface area contributed by atoms with E-state index in [9.17, 15) is 18.4 Å². The Bertz CT molecular complexity index is 668. The van der Waals surface area contributed by atoms with Gasteiger partial charge in [0.25, 0.3) is 0 Å². The molecule has 0 aromatic heterocycles. The van der Waals surface area contributed by atoms with Crippen LogP contribution >= 0.6 is 11.6 Å². The molecule has 0 atom stereocenters. The molecule has 110 valence electrons. The first kappa shape index (κ1) is 15.4. The molecule has 1 N–H and O–H groups in total. The van der Waals surface area contributed by atoms with Gasteiger partial charge in [-0.1, -0.05) is 41.6 Å². The Kier molecular flexibility index (Phi) is 4.53. The zero-order valence-corrected chi connectivity index (χ0v) is 11.5. The van der Waals surface area contributed by atoms with E-state index in [4.69, 9.17) is 11.6 Å². The minimum Gasteiger partial charge on any atom is -0.410 e. The second-order valence-corrected chi connectivity index (χ2v) is 4.59. The van der Waals surface area contributed by atoms with E-state index in [1.54, 1.807) is 24.3 Å². The molecule has 0 aliphatic rings. The molecule has 0 aliphatic heterocycles. The Morgan fingerprint density at radius 2 is 1.81 bits per heavy atom. The topological polar surface area (TPSA) is 32.6 Å². The first-order valence-electron chi connectivity index (χ1n) is 6.01. The first-order chi connectivity index (χ1) is 9.97. The Morgan fingerprint density at radius 1 is 1.10 bits per heavy atom. The summed E-state index contributed by atoms with van der Waals surface area (Å²) in [5.41, 5.74) is 0.588. The molecule has 0 radical (unpaired) electrons. The number of alkyl halides is 4. The smallest absolute Gasteiger partial charge is 0.410 e. The fourth-order valence-corrected chi connectivity index (χ4v) is 2.21. The number of oxime groups is 1. The molecule has 0 bridgehead atoms. The number of halogens is 4. The molecule has 0 heterocycles. The third-order valence-electron chi connectivity index (χ3n) is 2.98. The number of rotatable bonds is 3. The summed E-state index contributed by atoms with van der Waals surface area (Å²) in [6, 6.07) is 11.5. The maximum Gasteiger partial charge on any atom is 0.416 e. The summed E-state index contributed by atoms with van der Waals surface area (Å²) in [5.74, 6) is 0.161. The normalized spacial score (nSPS) is 12.5. The minimum absolute atomic E-state index is 0.0531. The van der Waals surface area contributed by atoms with Gasteiger partial charge in [-0.3, -0.25) is 0 Å². The Hall–Kier alpha value is -2.01. The summed E-state index contributed by atoms with van der Waals surface area (Å²) in [6.45, 7) is 0. The van der Waals surface area contributed by atoms with Gasteiger partial charge in [-0.2, -0.15) is 13.2 Å². The molecule has 21 heavy (non-hydrogen) atoms. The second-order valence-electron chi connectivity index (χ2n) is 4.32. The maximum absolute atomic E-state index is 12.8. The highest BCUT2D eigenvalue weighted by atomic mass is 35.5. The molecule has 0 fully saturated rings. The molecule has 0 spiro atoms. The van der Waals surface area contributed by atoms with E-state index in [1.165, 1.54) is 12.1 Å². The third kappa shape index (κ3) is 3.36. The molecule has 0 saturated heterocycles. The van der Waals surface area contributed by atoms with E-state index < -0.39 is 11.7 Å². The van der Waals surface area contributed by atoms with Gasteiger partial charge in [-0.25, -0.2) is 0 Å². The van der Waals surface area contributed by atoms with Gasteiger partial charge < -0.3 is 5.21 Å². The molecule has 2 nitrogen and oxygen atoms in total. The molecule has 0 amide bonds. The van der Waals surface area contributed by atoms with Crippen LogP contribution in [0.2, 0.25) is 0 Å². The van der Waals surface area contributed by atoms with Crippen molar-refractivity contribution in [1.82, 2.24) is 0 Å². The summed E-state index contributed by atoms with van der Waals surface area (Å²) in [4.78, 5) is 0. The fourth-order valence-electron chi connectivity index (χ4n) is 1.98. The number of benzene rings is 2. The largest absolute Gasteiger partial charge is 0.416 e. The van der Waals surface area contributed by atoms with Crippen molar-refractivity contribution in [3.8, 4) is 0 Å². The zero-order valence-electron chi connectivity index (χ0n) is 10.7. The summed E-state index contributed by atoms with van der Waals surface area (Å²) in [5, 5.41) is 12.4. The fraction of sp³-hybridized carbons (Fsp3) is 0.133. The van der Waals surface area contributed by atoms with Gasteiger partial charge >= 0.3 is 6.18 Å². The van der Waals surface area contributed by atoms with Crippen molar-refractivity contribution in [2.45, 2.75) is 12.1 Å². The van der Waals surface area contributed by atoms with Crippen molar-refractivity contribution in [2.75, 3.05) is 0 Å². The van der Waals surface area contributed by atoms with Crippen molar-refractivity contribution in [1.29, 1.82) is 0 Å². The number of hydrogen-bond donors (Lipinski definition) is 1. The minimum atomic E-state index is -4.46. The third-order valence-corrected chi connectivity index (χ3v) is 3.27. The first-order valence-corrected chi connectivity index (χ1v) is 6.54. The predicted octanol–water partition coefficient (Wildman–Crippen LogP) is 4.67. The molecule has 0 unspecified atom stereocenters. The van der Waals surface area contributed by atoms with Crippen LogP contribution in [0.3, 0.4) is 0 Å². The SMILES string of the molecule is ON=C(c1cccc(C(F)(F)F)c1)c1ccccc1CCl. The molecule has 0 aliphatic carbocycles. The average Bonchev–Trinajstić information content (AvgIpc) is 2.48. The van der Waals surface area contributed by atoms with Crippen LogP contribution in [0.1, 0.15) is 22.3 Å². The molecule has 2 rings (SSSR count). The highest BCUT2D eigenvalue weighted by molar-refractivity contribution is 6.19. The highest BCUT2D eigenvalue weighted by Gasteiger charge is 2.30. The van der Waals surface area contributed by atoms with Crippen LogP contribution in [0, 0.1) is 0 Å². The van der Waals surface area contributed by atoms with Gasteiger partial charge in [-0.05, 0) is 17.7 Å². The van der Waals surface area contributed by atoms with E-state index in [-0.39, 0.29) is 17.2 Å². The van der Waals surface area contributed by atoms with E-state index in [0.717, 1.165) is 12.1 Å². The van der Waals surface area contributed by atoms with Crippen LogP contribution in [0.4, 0.5) is 13.2 Å². The van der Waals surface area contributed by atoms with Crippen LogP contribution < -0.4 is 0 Å². The summed E-state index contributed by atoms with van der Waals surface area (Å²) >= 11 is 5.81. The Labute approximate surface area is 124 Å². The average molecular weight is 314 g/mol. The van der Waals surface area contributed by atoms with E-state index in [2.05, 4.69) is 5.16 Å². The van der Waals surface area contributed by atoms with Crippen LogP contribution in [-0.4, -0.2) is 10.9 Å². The van der Waals surface area contributed by atoms with Gasteiger partial charge in [0.05, 0.1) is 5.56 Å². The van der Waals surface area contributed by atoms with E-state index in [0.29, 0.717) is 11.1 Å². The van der Waals surface area contributed by atoms with Gasteiger partial charge in [0, 0.05) is 17.0 Å². The monoisotopic (exact) mass is 313 g/mol. The summed E-state index contributed by atoms with van der Waals surface area (Å²) < 4.78 is 38.3. The summed E-state index contributed by atoms with van der Waals surface area (Å²) in [7, 11) is 0. The van der Waals surface area contributed by atoms with Crippen molar-refractivity contribution < 1.29 is 18.4 Å². The van der Waals surface area contributed by atoms with Crippen molar-refractivity contribution in [2.24, 2.45) is 5.16 Å². The number of hydrogen-bond acceptors (Lipinski definition) is 2. The molecular formula is C15H11ClF3NO. The lowest BCUT2D eigenvalue weighted by Crippen LogP contribution is -2.10. The molecule has 2 aromatic carbocycles. The quantitative estimate of drug-likeness (QED) is 0.380. The van der Waals surface area contributed by atoms with Crippen LogP contribution in [0.25, 0.3) is 0 Å². The number of nitrogens with zero attached hydrogens (tertiary/aromatic N) is 1. The summed E-state index contributed by atoms with van der Waals surface area (Å²) in [6.07, 6.45) is -4.46. The van der Waals surface area contributed by atoms with Crippen molar-refractivity contribution in [3.05, 3.63) is 70.8 Å². The van der Waals surface area contributed by atoms with Gasteiger partial charge in [0.1, 0.15) is 5.71 Å². The van der Waals surface area contributed by atoms with Gasteiger partial charge in [0.2, 0.25) is 0 Å². The van der Waals surface area contributed by atoms with Crippen LogP contribution in [-0.2, 0) is 12.1 Å². The van der Waals surface area contributed by atoms with Crippen LogP contribution in [0.5, 0.6) is 0 Å².